The zero-order chi connectivity index (χ0) is 19.2. The lowest BCUT2D eigenvalue weighted by molar-refractivity contribution is -0.137. The minimum atomic E-state index is -0.988. The van der Waals surface area contributed by atoms with Crippen LogP contribution in [0, 0.1) is 11.7 Å². The molecular formula is C20H22FN3O2S. The van der Waals surface area contributed by atoms with Crippen molar-refractivity contribution >= 4 is 35.4 Å². The minimum Gasteiger partial charge on any atom is -0.302 e. The Morgan fingerprint density at radius 3 is 2.74 bits per heavy atom. The molecule has 5 nitrogen and oxygen atoms in total. The summed E-state index contributed by atoms with van der Waals surface area (Å²) >= 11 is 5.18. The smallest absolute Gasteiger partial charge is 0.246 e. The number of thiocarbonyl (C=S) groups is 1. The second-order valence-electron chi connectivity index (χ2n) is 6.74. The van der Waals surface area contributed by atoms with Gasteiger partial charge in [0.1, 0.15) is 5.82 Å². The number of nitrogens with zero attached hydrogens (tertiary/aromatic N) is 2. The molecule has 3 rings (SSSR count). The van der Waals surface area contributed by atoms with Gasteiger partial charge in [-0.3, -0.25) is 19.5 Å². The molecule has 1 unspecified atom stereocenters. The highest BCUT2D eigenvalue weighted by molar-refractivity contribution is 7.80. The van der Waals surface area contributed by atoms with Crippen molar-refractivity contribution in [2.75, 3.05) is 6.54 Å². The first-order valence-corrected chi connectivity index (χ1v) is 9.54. The van der Waals surface area contributed by atoms with Crippen molar-refractivity contribution in [1.29, 1.82) is 0 Å². The Morgan fingerprint density at radius 2 is 2.04 bits per heavy atom. The topological polar surface area (TPSA) is 61.8 Å². The van der Waals surface area contributed by atoms with Crippen LogP contribution in [-0.2, 0) is 16.1 Å². The summed E-state index contributed by atoms with van der Waals surface area (Å²) < 4.78 is 12.9. The van der Waals surface area contributed by atoms with Crippen LogP contribution in [0.1, 0.15) is 37.7 Å². The van der Waals surface area contributed by atoms with Gasteiger partial charge in [-0.2, -0.15) is 0 Å². The van der Waals surface area contributed by atoms with Crippen LogP contribution >= 0.6 is 12.2 Å². The van der Waals surface area contributed by atoms with Crippen LogP contribution in [0.3, 0.4) is 0 Å². The third-order valence-electron chi connectivity index (χ3n) is 4.77. The van der Waals surface area contributed by atoms with Crippen molar-refractivity contribution in [3.05, 3.63) is 47.3 Å². The van der Waals surface area contributed by atoms with E-state index in [0.717, 1.165) is 24.8 Å². The fraction of sp³-hybridized carbons (Fsp3) is 0.400. The van der Waals surface area contributed by atoms with Crippen LogP contribution in [0.4, 0.5) is 4.39 Å². The van der Waals surface area contributed by atoms with Crippen LogP contribution in [0.25, 0.3) is 0 Å². The molecular weight excluding hydrogens is 365 g/mol. The van der Waals surface area contributed by atoms with Gasteiger partial charge in [0.25, 0.3) is 0 Å². The Bertz CT molecular complexity index is 789. The summed E-state index contributed by atoms with van der Waals surface area (Å²) in [5.74, 6) is -2.11. The van der Waals surface area contributed by atoms with Crippen LogP contribution in [0.5, 0.6) is 0 Å². The highest BCUT2D eigenvalue weighted by atomic mass is 32.1. The van der Waals surface area contributed by atoms with Crippen molar-refractivity contribution in [1.82, 2.24) is 10.2 Å². The lowest BCUT2D eigenvalue weighted by Crippen LogP contribution is -2.58. The second-order valence-corrected chi connectivity index (χ2v) is 7.12. The largest absolute Gasteiger partial charge is 0.302 e. The summed E-state index contributed by atoms with van der Waals surface area (Å²) in [5, 5.41) is 2.75. The molecule has 0 saturated carbocycles. The zero-order valence-corrected chi connectivity index (χ0v) is 15.8. The number of benzene rings is 1. The van der Waals surface area contributed by atoms with Gasteiger partial charge in [-0.05, 0) is 62.0 Å². The van der Waals surface area contributed by atoms with Gasteiger partial charge in [-0.1, -0.05) is 23.8 Å². The number of aliphatic imine (C=N–C) groups is 1. The van der Waals surface area contributed by atoms with Crippen molar-refractivity contribution in [2.24, 2.45) is 10.9 Å². The van der Waals surface area contributed by atoms with E-state index < -0.39 is 11.8 Å². The lowest BCUT2D eigenvalue weighted by atomic mass is 9.97. The monoisotopic (exact) mass is 387 g/mol. The van der Waals surface area contributed by atoms with E-state index in [-0.39, 0.29) is 23.4 Å². The SMILES string of the molecule is O=C1NC(=S)N(CCC2=CCCCC2)C(=O)C1C=NCc1ccc(F)cc1. The van der Waals surface area contributed by atoms with Gasteiger partial charge in [0, 0.05) is 12.8 Å². The van der Waals surface area contributed by atoms with Gasteiger partial charge in [-0.15, -0.1) is 0 Å². The Labute approximate surface area is 163 Å². The van der Waals surface area contributed by atoms with Gasteiger partial charge in [0.15, 0.2) is 11.0 Å². The van der Waals surface area contributed by atoms with Gasteiger partial charge < -0.3 is 5.32 Å². The average molecular weight is 387 g/mol. The third-order valence-corrected chi connectivity index (χ3v) is 5.10. The number of carbonyl (C=O) groups is 2. The Balaban J connectivity index is 1.61. The molecule has 27 heavy (non-hydrogen) atoms. The third kappa shape index (κ3) is 5.07. The Kier molecular flexibility index (Phi) is 6.45. The van der Waals surface area contributed by atoms with Gasteiger partial charge in [0.2, 0.25) is 11.8 Å². The summed E-state index contributed by atoms with van der Waals surface area (Å²) in [6.07, 6.45) is 8.90. The number of nitrogens with one attached hydrogen (secondary N) is 1. The number of rotatable bonds is 6. The first kappa shape index (κ1) is 19.4. The quantitative estimate of drug-likeness (QED) is 0.353. The minimum absolute atomic E-state index is 0.157. The standard InChI is InChI=1S/C20H22FN3O2S/c21-16-8-6-15(7-9-16)12-22-13-17-18(25)23-20(27)24(19(17)26)11-10-14-4-2-1-3-5-14/h4,6-9,13,17H,1-3,5,10-12H2,(H,23,25,27). The number of hydrogen-bond donors (Lipinski definition) is 1. The first-order valence-electron chi connectivity index (χ1n) is 9.13. The molecule has 1 saturated heterocycles. The highest BCUT2D eigenvalue weighted by Gasteiger charge is 2.37. The molecule has 0 bridgehead atoms. The van der Waals surface area contributed by atoms with Crippen molar-refractivity contribution in [3.63, 3.8) is 0 Å². The predicted octanol–water partition coefficient (Wildman–Crippen LogP) is 3.15. The van der Waals surface area contributed by atoms with E-state index in [9.17, 15) is 14.0 Å². The molecule has 2 amide bonds. The fourth-order valence-electron chi connectivity index (χ4n) is 3.21. The number of amides is 2. The summed E-state index contributed by atoms with van der Waals surface area (Å²) in [6.45, 7) is 0.737. The number of halogens is 1. The van der Waals surface area contributed by atoms with E-state index in [2.05, 4.69) is 16.4 Å². The van der Waals surface area contributed by atoms with Gasteiger partial charge >= 0.3 is 0 Å². The van der Waals surface area contributed by atoms with Crippen LogP contribution in [-0.4, -0.2) is 34.6 Å². The predicted molar refractivity (Wildman–Crippen MR) is 106 cm³/mol. The molecule has 1 aliphatic heterocycles. The summed E-state index contributed by atoms with van der Waals surface area (Å²) in [5.41, 5.74) is 2.14. The molecule has 1 aromatic rings. The normalized spacial score (nSPS) is 20.8. The van der Waals surface area contributed by atoms with E-state index in [4.69, 9.17) is 12.2 Å². The average Bonchev–Trinajstić information content (AvgIpc) is 2.66. The van der Waals surface area contributed by atoms with Crippen molar-refractivity contribution < 1.29 is 14.0 Å². The molecule has 7 heteroatoms. The maximum absolute atomic E-state index is 12.9. The van der Waals surface area contributed by atoms with Crippen molar-refractivity contribution in [3.8, 4) is 0 Å². The van der Waals surface area contributed by atoms with E-state index >= 15 is 0 Å². The second kappa shape index (κ2) is 8.99. The van der Waals surface area contributed by atoms with Crippen molar-refractivity contribution in [2.45, 2.75) is 38.6 Å². The van der Waals surface area contributed by atoms with E-state index in [0.29, 0.717) is 6.54 Å². The van der Waals surface area contributed by atoms with Crippen LogP contribution in [0.2, 0.25) is 0 Å². The summed E-state index contributed by atoms with van der Waals surface area (Å²) in [4.78, 5) is 30.5. The Hall–Kier alpha value is -2.41. The molecule has 2 aliphatic rings. The molecule has 1 aromatic carbocycles. The lowest BCUT2D eigenvalue weighted by Gasteiger charge is -2.31. The first-order chi connectivity index (χ1) is 13.0. The highest BCUT2D eigenvalue weighted by Crippen LogP contribution is 2.21. The molecule has 1 N–H and O–H groups in total. The molecule has 1 atom stereocenters. The zero-order valence-electron chi connectivity index (χ0n) is 15.0. The van der Waals surface area contributed by atoms with Gasteiger partial charge in [0.05, 0.1) is 6.54 Å². The molecule has 0 aromatic heterocycles. The van der Waals surface area contributed by atoms with E-state index in [1.54, 1.807) is 12.1 Å². The summed E-state index contributed by atoms with van der Waals surface area (Å²) in [6, 6.07) is 5.94. The van der Waals surface area contributed by atoms with E-state index in [1.165, 1.54) is 41.7 Å². The summed E-state index contributed by atoms with van der Waals surface area (Å²) in [7, 11) is 0. The maximum Gasteiger partial charge on any atom is 0.246 e. The molecule has 142 valence electrons. The number of hydrogen-bond acceptors (Lipinski definition) is 4. The maximum atomic E-state index is 12.9. The van der Waals surface area contributed by atoms with Gasteiger partial charge in [-0.25, -0.2) is 4.39 Å². The molecule has 1 fully saturated rings. The van der Waals surface area contributed by atoms with E-state index in [1.807, 2.05) is 0 Å². The molecule has 0 spiro atoms. The fourth-order valence-corrected chi connectivity index (χ4v) is 3.50. The Morgan fingerprint density at radius 1 is 1.26 bits per heavy atom. The number of carbonyl (C=O) groups excluding carboxylic acids is 2. The molecule has 1 heterocycles. The number of allylic oxidation sites excluding steroid dienone is 1. The molecule has 1 aliphatic carbocycles. The van der Waals surface area contributed by atoms with Crippen LogP contribution in [0.15, 0.2) is 40.9 Å². The molecule has 0 radical (unpaired) electrons. The van der Waals surface area contributed by atoms with Crippen LogP contribution < -0.4 is 5.32 Å².